The van der Waals surface area contributed by atoms with E-state index in [0.29, 0.717) is 22.9 Å². The normalized spacial score (nSPS) is 13.2. The summed E-state index contributed by atoms with van der Waals surface area (Å²) in [6.45, 7) is 0.170. The number of fused-ring (bicyclic) bond motifs is 1. The van der Waals surface area contributed by atoms with Crippen LogP contribution in [0.3, 0.4) is 0 Å². The van der Waals surface area contributed by atoms with Gasteiger partial charge in [0.15, 0.2) is 11.5 Å². The molecule has 0 amide bonds. The third kappa shape index (κ3) is 2.63. The minimum absolute atomic E-state index is 0.0399. The van der Waals surface area contributed by atoms with Crippen molar-refractivity contribution in [2.45, 2.75) is 11.4 Å². The number of nitrogens with one attached hydrogen (secondary N) is 1. The molecular weight excluding hydrogens is 294 g/mol. The highest BCUT2D eigenvalue weighted by Crippen LogP contribution is 2.34. The first-order valence-electron chi connectivity index (χ1n) is 6.16. The number of anilines is 1. The van der Waals surface area contributed by atoms with Crippen LogP contribution in [0.4, 0.5) is 5.69 Å². The van der Waals surface area contributed by atoms with Crippen molar-refractivity contribution in [2.75, 3.05) is 11.5 Å². The maximum atomic E-state index is 12.4. The summed E-state index contributed by atoms with van der Waals surface area (Å²) in [4.78, 5) is 4.03. The zero-order valence-electron chi connectivity index (χ0n) is 10.9. The molecule has 21 heavy (non-hydrogen) atoms. The highest BCUT2D eigenvalue weighted by atomic mass is 32.2. The van der Waals surface area contributed by atoms with Crippen LogP contribution < -0.4 is 19.9 Å². The molecule has 0 spiro atoms. The molecule has 1 aromatic heterocycles. The Balaban J connectivity index is 1.93. The Morgan fingerprint density at radius 2 is 2.05 bits per heavy atom. The lowest BCUT2D eigenvalue weighted by atomic mass is 10.3. The van der Waals surface area contributed by atoms with Crippen molar-refractivity contribution in [3.05, 3.63) is 42.2 Å². The highest BCUT2D eigenvalue weighted by Gasteiger charge is 2.20. The number of sulfonamides is 1. The van der Waals surface area contributed by atoms with Crippen molar-refractivity contribution >= 4 is 15.7 Å². The Bertz CT molecular complexity index is 777. The third-order valence-corrected chi connectivity index (χ3v) is 4.41. The molecule has 0 saturated heterocycles. The molecule has 110 valence electrons. The van der Waals surface area contributed by atoms with Crippen molar-refractivity contribution < 1.29 is 17.9 Å². The average molecular weight is 307 g/mol. The maximum absolute atomic E-state index is 12.4. The topological polar surface area (TPSA) is 104 Å². The fourth-order valence-corrected chi connectivity index (χ4v) is 3.24. The number of ether oxygens (including phenoxy) is 2. The van der Waals surface area contributed by atoms with Crippen molar-refractivity contribution in [1.29, 1.82) is 0 Å². The number of nitrogens with two attached hydrogens (primary N) is 1. The second kappa shape index (κ2) is 5.23. The maximum Gasteiger partial charge on any atom is 0.263 e. The Kier molecular flexibility index (Phi) is 3.40. The molecule has 2 heterocycles. The van der Waals surface area contributed by atoms with Crippen molar-refractivity contribution in [1.82, 2.24) is 4.98 Å². The van der Waals surface area contributed by atoms with Gasteiger partial charge >= 0.3 is 0 Å². The average Bonchev–Trinajstić information content (AvgIpc) is 2.94. The summed E-state index contributed by atoms with van der Waals surface area (Å²) >= 11 is 0. The molecular formula is C13H13N3O4S. The zero-order chi connectivity index (χ0) is 14.9. The molecule has 8 heteroatoms. The van der Waals surface area contributed by atoms with Crippen LogP contribution in [0.1, 0.15) is 5.69 Å². The molecule has 1 aliphatic rings. The van der Waals surface area contributed by atoms with Gasteiger partial charge in [0.25, 0.3) is 10.0 Å². The number of aromatic nitrogens is 1. The van der Waals surface area contributed by atoms with Gasteiger partial charge in [-0.1, -0.05) is 0 Å². The highest BCUT2D eigenvalue weighted by molar-refractivity contribution is 7.92. The van der Waals surface area contributed by atoms with Crippen molar-refractivity contribution in [3.8, 4) is 11.5 Å². The molecule has 0 unspecified atom stereocenters. The van der Waals surface area contributed by atoms with Gasteiger partial charge in [0.2, 0.25) is 6.79 Å². The van der Waals surface area contributed by atoms with E-state index in [0.717, 1.165) is 0 Å². The summed E-state index contributed by atoms with van der Waals surface area (Å²) in [5.41, 5.74) is 6.21. The third-order valence-electron chi connectivity index (χ3n) is 2.96. The van der Waals surface area contributed by atoms with Gasteiger partial charge in [-0.2, -0.15) is 0 Å². The molecule has 0 atom stereocenters. The fourth-order valence-electron chi connectivity index (χ4n) is 1.99. The Hall–Kier alpha value is -2.32. The van der Waals surface area contributed by atoms with E-state index in [1.807, 2.05) is 0 Å². The number of rotatable bonds is 4. The van der Waals surface area contributed by atoms with Crippen LogP contribution in [0, 0.1) is 0 Å². The van der Waals surface area contributed by atoms with Gasteiger partial charge in [-0.3, -0.25) is 9.71 Å². The first kappa shape index (κ1) is 13.7. The summed E-state index contributed by atoms with van der Waals surface area (Å²) in [6, 6.07) is 7.83. The molecule has 0 saturated carbocycles. The number of nitrogens with zero attached hydrogens (tertiary/aromatic N) is 1. The predicted octanol–water partition coefficient (Wildman–Crippen LogP) is 1.07. The van der Waals surface area contributed by atoms with Crippen molar-refractivity contribution in [2.24, 2.45) is 5.73 Å². The molecule has 0 aliphatic carbocycles. The number of pyridine rings is 1. The summed E-state index contributed by atoms with van der Waals surface area (Å²) in [7, 11) is -3.76. The monoisotopic (exact) mass is 307 g/mol. The van der Waals surface area contributed by atoms with Gasteiger partial charge in [-0.15, -0.1) is 0 Å². The van der Waals surface area contributed by atoms with Gasteiger partial charge < -0.3 is 15.2 Å². The van der Waals surface area contributed by atoms with E-state index in [4.69, 9.17) is 15.2 Å². The summed E-state index contributed by atoms with van der Waals surface area (Å²) in [5.74, 6) is 1.09. The van der Waals surface area contributed by atoms with Crippen LogP contribution in [0.2, 0.25) is 0 Å². The molecule has 3 rings (SSSR count). The van der Waals surface area contributed by atoms with Gasteiger partial charge in [-0.05, 0) is 24.3 Å². The second-order valence-electron chi connectivity index (χ2n) is 4.33. The van der Waals surface area contributed by atoms with E-state index in [-0.39, 0.29) is 18.2 Å². The summed E-state index contributed by atoms with van der Waals surface area (Å²) in [6.07, 6.45) is 1.50. The lowest BCUT2D eigenvalue weighted by Crippen LogP contribution is -2.17. The summed E-state index contributed by atoms with van der Waals surface area (Å²) < 4.78 is 37.7. The molecule has 0 fully saturated rings. The molecule has 7 nitrogen and oxygen atoms in total. The second-order valence-corrected chi connectivity index (χ2v) is 5.98. The number of hydrogen-bond acceptors (Lipinski definition) is 6. The minimum atomic E-state index is -3.76. The lowest BCUT2D eigenvalue weighted by molar-refractivity contribution is 0.174. The first-order chi connectivity index (χ1) is 10.1. The van der Waals surface area contributed by atoms with Crippen molar-refractivity contribution in [3.63, 3.8) is 0 Å². The molecule has 3 N–H and O–H groups in total. The Morgan fingerprint density at radius 1 is 1.24 bits per heavy atom. The number of benzene rings is 1. The van der Waals surface area contributed by atoms with Crippen LogP contribution >= 0.6 is 0 Å². The van der Waals surface area contributed by atoms with Crippen LogP contribution in [0.25, 0.3) is 0 Å². The largest absolute Gasteiger partial charge is 0.454 e. The van der Waals surface area contributed by atoms with E-state index in [9.17, 15) is 8.42 Å². The molecule has 0 radical (unpaired) electrons. The Labute approximate surface area is 121 Å². The SMILES string of the molecule is NCc1ncccc1S(=O)(=O)Nc1ccc2c(c1)OCO2. The van der Waals surface area contributed by atoms with Gasteiger partial charge in [0.05, 0.1) is 11.4 Å². The van der Waals surface area contributed by atoms with Crippen LogP contribution in [-0.2, 0) is 16.6 Å². The fraction of sp³-hybridized carbons (Fsp3) is 0.154. The van der Waals surface area contributed by atoms with E-state index >= 15 is 0 Å². The predicted molar refractivity (Wildman–Crippen MR) is 75.5 cm³/mol. The van der Waals surface area contributed by atoms with E-state index in [2.05, 4.69) is 9.71 Å². The standard InChI is InChI=1S/C13H13N3O4S/c14-7-10-13(2-1-5-15-10)21(17,18)16-9-3-4-11-12(6-9)20-8-19-11/h1-6,16H,7-8,14H2. The zero-order valence-corrected chi connectivity index (χ0v) is 11.8. The van der Waals surface area contributed by atoms with E-state index < -0.39 is 10.0 Å². The molecule has 2 aromatic rings. The Morgan fingerprint density at radius 3 is 2.86 bits per heavy atom. The first-order valence-corrected chi connectivity index (χ1v) is 7.65. The van der Waals surface area contributed by atoms with Gasteiger partial charge in [0.1, 0.15) is 4.90 Å². The lowest BCUT2D eigenvalue weighted by Gasteiger charge is -2.11. The molecule has 1 aliphatic heterocycles. The van der Waals surface area contributed by atoms with Gasteiger partial charge in [-0.25, -0.2) is 8.42 Å². The van der Waals surface area contributed by atoms with E-state index in [1.165, 1.54) is 12.3 Å². The smallest absolute Gasteiger partial charge is 0.263 e. The van der Waals surface area contributed by atoms with Crippen LogP contribution in [-0.4, -0.2) is 20.2 Å². The van der Waals surface area contributed by atoms with Crippen LogP contribution in [0.15, 0.2) is 41.4 Å². The number of hydrogen-bond donors (Lipinski definition) is 2. The molecule has 0 bridgehead atoms. The summed E-state index contributed by atoms with van der Waals surface area (Å²) in [5, 5.41) is 0. The van der Waals surface area contributed by atoms with E-state index in [1.54, 1.807) is 24.3 Å². The minimum Gasteiger partial charge on any atom is -0.454 e. The molecule has 1 aromatic carbocycles. The quantitative estimate of drug-likeness (QED) is 0.875. The van der Waals surface area contributed by atoms with Crippen LogP contribution in [0.5, 0.6) is 11.5 Å². The van der Waals surface area contributed by atoms with Gasteiger partial charge in [0, 0.05) is 18.8 Å².